The van der Waals surface area contributed by atoms with Crippen LogP contribution in [0.15, 0.2) is 27.8 Å². The third kappa shape index (κ3) is 3.57. The van der Waals surface area contributed by atoms with E-state index in [2.05, 4.69) is 9.97 Å². The van der Waals surface area contributed by atoms with Crippen molar-refractivity contribution in [2.75, 3.05) is 13.2 Å². The number of aromatic nitrogens is 4. The molecule has 152 valence electrons. The van der Waals surface area contributed by atoms with E-state index >= 15 is 0 Å². The summed E-state index contributed by atoms with van der Waals surface area (Å²) < 4.78 is 14.0. The molecule has 0 bridgehead atoms. The number of fused-ring (bicyclic) bond motifs is 2. The van der Waals surface area contributed by atoms with Crippen LogP contribution in [0.5, 0.6) is 11.5 Å². The molecule has 0 unspecified atom stereocenters. The summed E-state index contributed by atoms with van der Waals surface area (Å²) in [6.45, 7) is 5.91. The number of aromatic amines is 1. The second-order valence-corrected chi connectivity index (χ2v) is 6.95. The topological polar surface area (TPSA) is 91.1 Å². The minimum atomic E-state index is -0.328. The van der Waals surface area contributed by atoms with Crippen molar-refractivity contribution in [3.63, 3.8) is 0 Å². The van der Waals surface area contributed by atoms with Crippen LogP contribution < -0.4 is 20.7 Å². The average Bonchev–Trinajstić information content (AvgIpc) is 3.17. The normalized spacial score (nSPS) is 13.4. The lowest BCUT2D eigenvalue weighted by Gasteiger charge is -2.18. The molecule has 0 radical (unpaired) electrons. The van der Waals surface area contributed by atoms with Gasteiger partial charge in [0.15, 0.2) is 17.1 Å². The number of aryl methyl sites for hydroxylation is 1. The lowest BCUT2D eigenvalue weighted by Crippen LogP contribution is -2.40. The van der Waals surface area contributed by atoms with E-state index in [-0.39, 0.29) is 11.2 Å². The van der Waals surface area contributed by atoms with Crippen molar-refractivity contribution in [1.82, 2.24) is 19.1 Å². The largest absolute Gasteiger partial charge is 0.486 e. The van der Waals surface area contributed by atoms with Crippen molar-refractivity contribution in [3.05, 3.63) is 50.4 Å². The predicted octanol–water partition coefficient (Wildman–Crippen LogP) is 2.65. The summed E-state index contributed by atoms with van der Waals surface area (Å²) in [7, 11) is 0. The molecule has 8 heteroatoms. The first-order valence-electron chi connectivity index (χ1n) is 9.93. The van der Waals surface area contributed by atoms with E-state index in [9.17, 15) is 9.59 Å². The number of rotatable bonds is 6. The molecule has 0 saturated heterocycles. The molecule has 0 fully saturated rings. The highest BCUT2D eigenvalue weighted by molar-refractivity contribution is 5.76. The van der Waals surface area contributed by atoms with Crippen molar-refractivity contribution in [3.8, 4) is 11.5 Å². The Balaban J connectivity index is 1.74. The molecule has 0 aliphatic carbocycles. The number of hydrogen-bond acceptors (Lipinski definition) is 5. The van der Waals surface area contributed by atoms with Gasteiger partial charge < -0.3 is 14.5 Å². The highest BCUT2D eigenvalue weighted by Crippen LogP contribution is 2.31. The second kappa shape index (κ2) is 7.98. The number of ether oxygens (including phenoxy) is 2. The van der Waals surface area contributed by atoms with Crippen LogP contribution in [0.4, 0.5) is 0 Å². The minimum absolute atomic E-state index is 0.305. The highest BCUT2D eigenvalue weighted by atomic mass is 16.6. The Morgan fingerprint density at radius 1 is 1.03 bits per heavy atom. The van der Waals surface area contributed by atoms with E-state index < -0.39 is 0 Å². The summed E-state index contributed by atoms with van der Waals surface area (Å²) in [5.74, 6) is 1.96. The summed E-state index contributed by atoms with van der Waals surface area (Å²) in [5, 5.41) is 0. The van der Waals surface area contributed by atoms with Gasteiger partial charge in [-0.2, -0.15) is 0 Å². The Labute approximate surface area is 167 Å². The van der Waals surface area contributed by atoms with Crippen molar-refractivity contribution < 1.29 is 9.47 Å². The third-order valence-electron chi connectivity index (χ3n) is 4.77. The number of nitrogens with zero attached hydrogens (tertiary/aromatic N) is 3. The maximum absolute atomic E-state index is 12.8. The zero-order valence-corrected chi connectivity index (χ0v) is 16.6. The van der Waals surface area contributed by atoms with Gasteiger partial charge in [0, 0.05) is 13.1 Å². The smallest absolute Gasteiger partial charge is 0.332 e. The number of nitrogens with one attached hydrogen (secondary N) is 1. The lowest BCUT2D eigenvalue weighted by atomic mass is 10.2. The molecule has 3 heterocycles. The van der Waals surface area contributed by atoms with Crippen LogP contribution in [0.1, 0.15) is 38.1 Å². The molecule has 3 aromatic rings. The fourth-order valence-corrected chi connectivity index (χ4v) is 3.45. The number of H-pyrrole nitrogens is 1. The monoisotopic (exact) mass is 396 g/mol. The van der Waals surface area contributed by atoms with Crippen molar-refractivity contribution in [2.45, 2.75) is 39.8 Å². The van der Waals surface area contributed by atoms with E-state index in [0.29, 0.717) is 55.5 Å². The predicted molar refractivity (Wildman–Crippen MR) is 112 cm³/mol. The van der Waals surface area contributed by atoms with E-state index in [1.165, 1.54) is 4.57 Å². The first-order chi connectivity index (χ1) is 14.1. The molecule has 29 heavy (non-hydrogen) atoms. The zero-order chi connectivity index (χ0) is 20.4. The molecule has 0 saturated carbocycles. The summed E-state index contributed by atoms with van der Waals surface area (Å²) in [4.78, 5) is 33.1. The fourth-order valence-electron chi connectivity index (χ4n) is 3.45. The maximum atomic E-state index is 12.8. The Bertz CT molecular complexity index is 1190. The SMILES string of the molecule is CCCn1c(=O)c2[nH]c(/C=C/c3ccc4c(c3)OCCO4)nc2n(CCC)c1=O. The summed E-state index contributed by atoms with van der Waals surface area (Å²) in [6.07, 6.45) is 5.14. The second-order valence-electron chi connectivity index (χ2n) is 6.95. The maximum Gasteiger partial charge on any atom is 0.332 e. The van der Waals surface area contributed by atoms with Gasteiger partial charge in [-0.05, 0) is 36.6 Å². The molecule has 0 spiro atoms. The molecule has 0 amide bonds. The quantitative estimate of drug-likeness (QED) is 0.692. The minimum Gasteiger partial charge on any atom is -0.486 e. The van der Waals surface area contributed by atoms with Gasteiger partial charge in [0.1, 0.15) is 24.6 Å². The van der Waals surface area contributed by atoms with E-state index in [1.54, 1.807) is 10.6 Å². The fraction of sp³-hybridized carbons (Fsp3) is 0.381. The van der Waals surface area contributed by atoms with Gasteiger partial charge in [-0.3, -0.25) is 13.9 Å². The van der Waals surface area contributed by atoms with Gasteiger partial charge in [0.25, 0.3) is 5.56 Å². The van der Waals surface area contributed by atoms with Crippen LogP contribution in [0.2, 0.25) is 0 Å². The Kier molecular flexibility index (Phi) is 5.24. The number of imidazole rings is 1. The van der Waals surface area contributed by atoms with Gasteiger partial charge in [-0.1, -0.05) is 26.0 Å². The molecular weight excluding hydrogens is 372 g/mol. The van der Waals surface area contributed by atoms with E-state index in [0.717, 1.165) is 17.7 Å². The zero-order valence-electron chi connectivity index (χ0n) is 16.6. The third-order valence-corrected chi connectivity index (χ3v) is 4.77. The van der Waals surface area contributed by atoms with Gasteiger partial charge in [0.05, 0.1) is 0 Å². The summed E-state index contributed by atoms with van der Waals surface area (Å²) in [6, 6.07) is 5.69. The molecule has 0 atom stereocenters. The van der Waals surface area contributed by atoms with Crippen LogP contribution in [0.25, 0.3) is 23.3 Å². The van der Waals surface area contributed by atoms with E-state index in [1.807, 2.05) is 38.1 Å². The van der Waals surface area contributed by atoms with Crippen LogP contribution in [-0.4, -0.2) is 32.3 Å². The van der Waals surface area contributed by atoms with E-state index in [4.69, 9.17) is 9.47 Å². The molecule has 4 rings (SSSR count). The van der Waals surface area contributed by atoms with Gasteiger partial charge in [0.2, 0.25) is 0 Å². The Morgan fingerprint density at radius 3 is 2.52 bits per heavy atom. The summed E-state index contributed by atoms with van der Waals surface area (Å²) >= 11 is 0. The number of hydrogen-bond donors (Lipinski definition) is 1. The highest BCUT2D eigenvalue weighted by Gasteiger charge is 2.16. The Hall–Kier alpha value is -3.29. The van der Waals surface area contributed by atoms with Crippen molar-refractivity contribution in [2.24, 2.45) is 0 Å². The van der Waals surface area contributed by atoms with Gasteiger partial charge >= 0.3 is 5.69 Å². The standard InChI is InChI=1S/C21H24N4O4/c1-3-9-24-19-18(20(26)25(10-4-2)21(24)27)22-17(23-19)8-6-14-5-7-15-16(13-14)29-12-11-28-15/h5-8,13H,3-4,9-12H2,1-2H3,(H,22,23)/b8-6+. The molecule has 1 N–H and O–H groups in total. The first kappa shape index (κ1) is 19.0. The lowest BCUT2D eigenvalue weighted by molar-refractivity contribution is 0.171. The first-order valence-corrected chi connectivity index (χ1v) is 9.93. The van der Waals surface area contributed by atoms with Crippen LogP contribution in [0, 0.1) is 0 Å². The van der Waals surface area contributed by atoms with Crippen LogP contribution in [-0.2, 0) is 13.1 Å². The molecule has 1 aliphatic heterocycles. The summed E-state index contributed by atoms with van der Waals surface area (Å²) in [5.41, 5.74) is 1.04. The average molecular weight is 396 g/mol. The Morgan fingerprint density at radius 2 is 1.76 bits per heavy atom. The van der Waals surface area contributed by atoms with Crippen LogP contribution >= 0.6 is 0 Å². The molecule has 1 aromatic carbocycles. The van der Waals surface area contributed by atoms with Gasteiger partial charge in [-0.15, -0.1) is 0 Å². The van der Waals surface area contributed by atoms with Gasteiger partial charge in [-0.25, -0.2) is 9.78 Å². The molecule has 8 nitrogen and oxygen atoms in total. The van der Waals surface area contributed by atoms with Crippen LogP contribution in [0.3, 0.4) is 0 Å². The molecule has 2 aromatic heterocycles. The number of benzene rings is 1. The van der Waals surface area contributed by atoms with Crippen molar-refractivity contribution >= 4 is 23.3 Å². The molecule has 1 aliphatic rings. The van der Waals surface area contributed by atoms with Crippen molar-refractivity contribution in [1.29, 1.82) is 0 Å². The molecular formula is C21H24N4O4.